The summed E-state index contributed by atoms with van der Waals surface area (Å²) in [4.78, 5) is 14.7. The third kappa shape index (κ3) is 1.17. The number of hydrogen-bond donors (Lipinski definition) is 2. The fourth-order valence-electron chi connectivity index (χ4n) is 1.85. The Bertz CT molecular complexity index is 724. The number of benzene rings is 1. The average molecular weight is 215 g/mol. The second kappa shape index (κ2) is 3.21. The van der Waals surface area contributed by atoms with Crippen LogP contribution in [0.3, 0.4) is 0 Å². The van der Waals surface area contributed by atoms with Crippen LogP contribution in [0, 0.1) is 0 Å². The minimum Gasteiger partial charge on any atom is -0.456 e. The highest BCUT2D eigenvalue weighted by atomic mass is 16.4. The lowest BCUT2D eigenvalue weighted by Crippen LogP contribution is -2.01. The first kappa shape index (κ1) is 9.18. The lowest BCUT2D eigenvalue weighted by molar-refractivity contribution is 0.249. The van der Waals surface area contributed by atoms with Crippen molar-refractivity contribution in [2.45, 2.75) is 6.61 Å². The van der Waals surface area contributed by atoms with Gasteiger partial charge in [0.05, 0.1) is 0 Å². The van der Waals surface area contributed by atoms with Gasteiger partial charge < -0.3 is 14.5 Å². The summed E-state index contributed by atoms with van der Waals surface area (Å²) >= 11 is 0. The molecule has 1 aromatic carbocycles. The smallest absolute Gasteiger partial charge is 0.209 e. The molecule has 0 saturated carbocycles. The highest BCUT2D eigenvalue weighted by molar-refractivity contribution is 6.03. The van der Waals surface area contributed by atoms with Gasteiger partial charge in [-0.25, -0.2) is 0 Å². The van der Waals surface area contributed by atoms with Gasteiger partial charge in [0.2, 0.25) is 5.43 Å². The Labute approximate surface area is 90.1 Å². The summed E-state index contributed by atoms with van der Waals surface area (Å²) in [6, 6.07) is 8.81. The zero-order valence-corrected chi connectivity index (χ0v) is 8.36. The number of nitrogens with one attached hydrogen (secondary N) is 1. The van der Waals surface area contributed by atoms with Crippen molar-refractivity contribution in [3.63, 3.8) is 0 Å². The van der Waals surface area contributed by atoms with Gasteiger partial charge in [-0.2, -0.15) is 0 Å². The highest BCUT2D eigenvalue weighted by Gasteiger charge is 2.10. The first-order valence-corrected chi connectivity index (χ1v) is 4.94. The fraction of sp³-hybridized carbons (Fsp3) is 0.0833. The molecule has 0 atom stereocenters. The van der Waals surface area contributed by atoms with Crippen LogP contribution in [0.15, 0.2) is 39.5 Å². The molecule has 4 nitrogen and oxygen atoms in total. The Balaban J connectivity index is 2.56. The lowest BCUT2D eigenvalue weighted by Gasteiger charge is -1.95. The predicted molar refractivity (Wildman–Crippen MR) is 60.3 cm³/mol. The first-order valence-electron chi connectivity index (χ1n) is 4.94. The van der Waals surface area contributed by atoms with Crippen LogP contribution >= 0.6 is 0 Å². The standard InChI is InChI=1S/C12H9NO3/c14-6-7-5-10(15)11-12(16-7)8-3-1-2-4-9(8)13-11/h1-5,13-14H,6H2. The Morgan fingerprint density at radius 3 is 2.94 bits per heavy atom. The molecule has 0 amide bonds. The third-order valence-electron chi connectivity index (χ3n) is 2.59. The molecule has 0 unspecified atom stereocenters. The van der Waals surface area contributed by atoms with Gasteiger partial charge in [0.1, 0.15) is 17.9 Å². The van der Waals surface area contributed by atoms with E-state index in [2.05, 4.69) is 4.98 Å². The molecule has 0 spiro atoms. The normalized spacial score (nSPS) is 11.3. The van der Waals surface area contributed by atoms with Crippen molar-refractivity contribution in [3.05, 3.63) is 46.3 Å². The van der Waals surface area contributed by atoms with E-state index in [0.29, 0.717) is 11.1 Å². The SMILES string of the molecule is O=c1cc(CO)oc2c1[nH]c1ccccc12. The van der Waals surface area contributed by atoms with Crippen molar-refractivity contribution >= 4 is 22.0 Å². The highest BCUT2D eigenvalue weighted by Crippen LogP contribution is 2.23. The molecule has 3 rings (SSSR count). The largest absolute Gasteiger partial charge is 0.456 e. The van der Waals surface area contributed by atoms with E-state index in [0.717, 1.165) is 10.9 Å². The fourth-order valence-corrected chi connectivity index (χ4v) is 1.85. The zero-order chi connectivity index (χ0) is 11.1. The number of hydrogen-bond acceptors (Lipinski definition) is 3. The Kier molecular flexibility index (Phi) is 1.84. The van der Waals surface area contributed by atoms with Crippen molar-refractivity contribution in [3.8, 4) is 0 Å². The molecular weight excluding hydrogens is 206 g/mol. The van der Waals surface area contributed by atoms with Gasteiger partial charge in [0, 0.05) is 17.0 Å². The molecule has 3 aromatic rings. The quantitative estimate of drug-likeness (QED) is 0.650. The number of rotatable bonds is 1. The first-order chi connectivity index (χ1) is 7.79. The minimum absolute atomic E-state index is 0.165. The second-order valence-electron chi connectivity index (χ2n) is 3.61. The second-order valence-corrected chi connectivity index (χ2v) is 3.61. The Morgan fingerprint density at radius 2 is 2.12 bits per heavy atom. The Hall–Kier alpha value is -2.07. The van der Waals surface area contributed by atoms with E-state index in [1.807, 2.05) is 24.3 Å². The van der Waals surface area contributed by atoms with Crippen LogP contribution in [0.5, 0.6) is 0 Å². The van der Waals surface area contributed by atoms with Gasteiger partial charge in [-0.15, -0.1) is 0 Å². The number of H-pyrrole nitrogens is 1. The van der Waals surface area contributed by atoms with Gasteiger partial charge in [0.25, 0.3) is 0 Å². The molecule has 0 bridgehead atoms. The van der Waals surface area contributed by atoms with E-state index in [4.69, 9.17) is 9.52 Å². The van der Waals surface area contributed by atoms with E-state index in [9.17, 15) is 4.79 Å². The molecule has 0 radical (unpaired) electrons. The number of para-hydroxylation sites is 1. The zero-order valence-electron chi connectivity index (χ0n) is 8.36. The summed E-state index contributed by atoms with van der Waals surface area (Å²) in [7, 11) is 0. The van der Waals surface area contributed by atoms with Gasteiger partial charge >= 0.3 is 0 Å². The van der Waals surface area contributed by atoms with E-state index < -0.39 is 0 Å². The van der Waals surface area contributed by atoms with Crippen molar-refractivity contribution in [2.75, 3.05) is 0 Å². The summed E-state index contributed by atoms with van der Waals surface area (Å²) in [6.45, 7) is -0.273. The summed E-state index contributed by atoms with van der Waals surface area (Å²) in [5.41, 5.74) is 1.64. The van der Waals surface area contributed by atoms with Crippen LogP contribution in [0.2, 0.25) is 0 Å². The van der Waals surface area contributed by atoms with Gasteiger partial charge in [0.15, 0.2) is 5.58 Å². The molecule has 0 aliphatic heterocycles. The molecule has 0 fully saturated rings. The summed E-state index contributed by atoms with van der Waals surface area (Å²) in [5.74, 6) is 0.280. The van der Waals surface area contributed by atoms with Crippen molar-refractivity contribution < 1.29 is 9.52 Å². The van der Waals surface area contributed by atoms with Crippen LogP contribution in [0.1, 0.15) is 5.76 Å². The molecule has 80 valence electrons. The molecule has 16 heavy (non-hydrogen) atoms. The summed E-state index contributed by atoms with van der Waals surface area (Å²) in [5, 5.41) is 9.84. The minimum atomic E-state index is -0.273. The number of fused-ring (bicyclic) bond motifs is 3. The van der Waals surface area contributed by atoms with Gasteiger partial charge in [-0.05, 0) is 12.1 Å². The van der Waals surface area contributed by atoms with E-state index in [-0.39, 0.29) is 17.8 Å². The molecule has 2 heterocycles. The molecular formula is C12H9NO3. The lowest BCUT2D eigenvalue weighted by atomic mass is 10.2. The van der Waals surface area contributed by atoms with Crippen LogP contribution in [0.25, 0.3) is 22.0 Å². The van der Waals surface area contributed by atoms with Crippen LogP contribution in [0.4, 0.5) is 0 Å². The number of aromatic amines is 1. The summed E-state index contributed by atoms with van der Waals surface area (Å²) < 4.78 is 5.46. The maximum atomic E-state index is 11.7. The molecule has 0 aliphatic carbocycles. The van der Waals surface area contributed by atoms with Crippen LogP contribution in [-0.4, -0.2) is 10.1 Å². The predicted octanol–water partition coefficient (Wildman–Crippen LogP) is 1.77. The maximum absolute atomic E-state index is 11.7. The van der Waals surface area contributed by atoms with Gasteiger partial charge in [-0.1, -0.05) is 12.1 Å². The van der Waals surface area contributed by atoms with E-state index in [1.54, 1.807) is 0 Å². The van der Waals surface area contributed by atoms with Crippen molar-refractivity contribution in [2.24, 2.45) is 0 Å². The molecule has 2 N–H and O–H groups in total. The molecule has 0 aliphatic rings. The summed E-state index contributed by atoms with van der Waals surface area (Å²) in [6.07, 6.45) is 0. The van der Waals surface area contributed by atoms with Crippen LogP contribution in [-0.2, 0) is 6.61 Å². The van der Waals surface area contributed by atoms with E-state index >= 15 is 0 Å². The monoisotopic (exact) mass is 215 g/mol. The topological polar surface area (TPSA) is 66.2 Å². The number of aliphatic hydroxyl groups excluding tert-OH is 1. The molecule has 0 saturated heterocycles. The molecule has 4 heteroatoms. The number of aromatic nitrogens is 1. The maximum Gasteiger partial charge on any atom is 0.209 e. The van der Waals surface area contributed by atoms with Crippen molar-refractivity contribution in [1.29, 1.82) is 0 Å². The third-order valence-corrected chi connectivity index (χ3v) is 2.59. The number of aliphatic hydroxyl groups is 1. The van der Waals surface area contributed by atoms with Gasteiger partial charge in [-0.3, -0.25) is 4.79 Å². The average Bonchev–Trinajstić information content (AvgIpc) is 2.68. The van der Waals surface area contributed by atoms with Crippen LogP contribution < -0.4 is 5.43 Å². The molecule has 2 aromatic heterocycles. The van der Waals surface area contributed by atoms with Crippen molar-refractivity contribution in [1.82, 2.24) is 4.98 Å². The Morgan fingerprint density at radius 1 is 1.31 bits per heavy atom. The van der Waals surface area contributed by atoms with E-state index in [1.165, 1.54) is 6.07 Å².